The number of amides is 2. The topological polar surface area (TPSA) is 74.8 Å². The molecule has 6 nitrogen and oxygen atoms in total. The standard InChI is InChI=1S/C21H23IN2O4S/c1-14-5-11-17(12-6-14)29(27,28)24(21(2,3)4)18-13-19(25)23(20(18)26)16-9-7-15(22)8-10-16/h5-12,18H,13H2,1-4H3. The van der Waals surface area contributed by atoms with Gasteiger partial charge in [0.25, 0.3) is 5.91 Å². The van der Waals surface area contributed by atoms with Crippen molar-refractivity contribution >= 4 is 50.1 Å². The van der Waals surface area contributed by atoms with Gasteiger partial charge in [0.2, 0.25) is 15.9 Å². The third-order valence-electron chi connectivity index (χ3n) is 4.73. The highest BCUT2D eigenvalue weighted by molar-refractivity contribution is 14.1. The number of sulfonamides is 1. The van der Waals surface area contributed by atoms with Gasteiger partial charge in [-0.1, -0.05) is 17.7 Å². The molecule has 1 unspecified atom stereocenters. The minimum atomic E-state index is -4.00. The summed E-state index contributed by atoms with van der Waals surface area (Å²) in [5, 5.41) is 0. The quantitative estimate of drug-likeness (QED) is 0.450. The van der Waals surface area contributed by atoms with Gasteiger partial charge < -0.3 is 0 Å². The molecule has 1 atom stereocenters. The molecule has 1 aliphatic heterocycles. The van der Waals surface area contributed by atoms with Gasteiger partial charge in [-0.15, -0.1) is 0 Å². The zero-order chi connectivity index (χ0) is 21.6. The molecule has 0 aromatic heterocycles. The Morgan fingerprint density at radius 2 is 1.55 bits per heavy atom. The number of carbonyl (C=O) groups is 2. The molecule has 8 heteroatoms. The van der Waals surface area contributed by atoms with Crippen molar-refractivity contribution in [3.63, 3.8) is 0 Å². The molecule has 0 spiro atoms. The van der Waals surface area contributed by atoms with Crippen LogP contribution in [0.15, 0.2) is 53.4 Å². The van der Waals surface area contributed by atoms with E-state index in [9.17, 15) is 18.0 Å². The Morgan fingerprint density at radius 1 is 1.00 bits per heavy atom. The molecule has 2 aromatic carbocycles. The summed E-state index contributed by atoms with van der Waals surface area (Å²) in [5.41, 5.74) is 0.486. The molecule has 0 bridgehead atoms. The van der Waals surface area contributed by atoms with Crippen molar-refractivity contribution in [1.82, 2.24) is 4.31 Å². The van der Waals surface area contributed by atoms with Crippen molar-refractivity contribution in [2.24, 2.45) is 0 Å². The van der Waals surface area contributed by atoms with E-state index in [0.717, 1.165) is 14.0 Å². The maximum atomic E-state index is 13.5. The minimum absolute atomic E-state index is 0.103. The van der Waals surface area contributed by atoms with Crippen LogP contribution >= 0.6 is 22.6 Å². The Balaban J connectivity index is 2.04. The fourth-order valence-electron chi connectivity index (χ4n) is 3.48. The molecular weight excluding hydrogens is 503 g/mol. The smallest absolute Gasteiger partial charge is 0.252 e. The summed E-state index contributed by atoms with van der Waals surface area (Å²) in [7, 11) is -4.00. The lowest BCUT2D eigenvalue weighted by atomic mass is 10.1. The van der Waals surface area contributed by atoms with E-state index in [2.05, 4.69) is 22.6 Å². The molecule has 0 radical (unpaired) electrons. The SMILES string of the molecule is Cc1ccc(S(=O)(=O)N(C2CC(=O)N(c3ccc(I)cc3)C2=O)C(C)(C)C)cc1. The van der Waals surface area contributed by atoms with E-state index in [1.54, 1.807) is 57.2 Å². The van der Waals surface area contributed by atoms with Gasteiger partial charge in [0, 0.05) is 9.11 Å². The van der Waals surface area contributed by atoms with Crippen LogP contribution in [0.5, 0.6) is 0 Å². The highest BCUT2D eigenvalue weighted by atomic mass is 127. The van der Waals surface area contributed by atoms with Crippen LogP contribution in [0, 0.1) is 10.5 Å². The summed E-state index contributed by atoms with van der Waals surface area (Å²) in [6.07, 6.45) is -0.187. The van der Waals surface area contributed by atoms with Gasteiger partial charge in [-0.3, -0.25) is 9.59 Å². The van der Waals surface area contributed by atoms with Gasteiger partial charge in [-0.05, 0) is 86.7 Å². The molecule has 1 fully saturated rings. The molecular formula is C21H23IN2O4S. The lowest BCUT2D eigenvalue weighted by molar-refractivity contribution is -0.122. The Labute approximate surface area is 185 Å². The number of nitrogens with zero attached hydrogens (tertiary/aromatic N) is 2. The fourth-order valence-corrected chi connectivity index (χ4v) is 5.77. The van der Waals surface area contributed by atoms with E-state index in [0.29, 0.717) is 5.69 Å². The number of hydrogen-bond acceptors (Lipinski definition) is 4. The maximum Gasteiger partial charge on any atom is 0.252 e. The molecule has 0 aliphatic carbocycles. The third kappa shape index (κ3) is 4.24. The Bertz CT molecular complexity index is 1040. The molecule has 0 saturated carbocycles. The monoisotopic (exact) mass is 526 g/mol. The molecule has 0 N–H and O–H groups in total. The van der Waals surface area contributed by atoms with Gasteiger partial charge in [0.05, 0.1) is 17.0 Å². The molecule has 29 heavy (non-hydrogen) atoms. The first-order valence-electron chi connectivity index (χ1n) is 9.16. The average molecular weight is 526 g/mol. The van der Waals surface area contributed by atoms with E-state index >= 15 is 0 Å². The summed E-state index contributed by atoms with van der Waals surface area (Å²) in [6, 6.07) is 12.4. The number of carbonyl (C=O) groups excluding carboxylic acids is 2. The van der Waals surface area contributed by atoms with Crippen LogP contribution in [0.3, 0.4) is 0 Å². The first kappa shape index (κ1) is 21.9. The zero-order valence-electron chi connectivity index (χ0n) is 16.7. The Hall–Kier alpha value is -1.78. The largest absolute Gasteiger partial charge is 0.274 e. The lowest BCUT2D eigenvalue weighted by Crippen LogP contribution is -2.54. The molecule has 3 rings (SSSR count). The lowest BCUT2D eigenvalue weighted by Gasteiger charge is -2.37. The normalized spacial score (nSPS) is 18.0. The first-order valence-corrected chi connectivity index (χ1v) is 11.7. The zero-order valence-corrected chi connectivity index (χ0v) is 19.7. The van der Waals surface area contributed by atoms with E-state index < -0.39 is 33.4 Å². The van der Waals surface area contributed by atoms with Crippen LogP contribution in [-0.4, -0.2) is 36.1 Å². The van der Waals surface area contributed by atoms with Gasteiger partial charge in [0.1, 0.15) is 6.04 Å². The van der Waals surface area contributed by atoms with E-state index in [-0.39, 0.29) is 11.3 Å². The Kier molecular flexibility index (Phi) is 5.90. The fraction of sp³-hybridized carbons (Fsp3) is 0.333. The first-order chi connectivity index (χ1) is 13.4. The van der Waals surface area contributed by atoms with Crippen LogP contribution in [-0.2, 0) is 19.6 Å². The number of halogens is 1. The summed E-state index contributed by atoms with van der Waals surface area (Å²) < 4.78 is 29.1. The molecule has 1 aliphatic rings. The van der Waals surface area contributed by atoms with Gasteiger partial charge in [-0.25, -0.2) is 13.3 Å². The van der Waals surface area contributed by atoms with Crippen LogP contribution in [0.1, 0.15) is 32.8 Å². The van der Waals surface area contributed by atoms with Crippen LogP contribution in [0.2, 0.25) is 0 Å². The molecule has 1 saturated heterocycles. The number of aryl methyl sites for hydroxylation is 1. The third-order valence-corrected chi connectivity index (χ3v) is 7.64. The predicted octanol–water partition coefficient (Wildman–Crippen LogP) is 3.72. The van der Waals surface area contributed by atoms with Crippen LogP contribution < -0.4 is 4.90 Å². The summed E-state index contributed by atoms with van der Waals surface area (Å²) >= 11 is 2.14. The Morgan fingerprint density at radius 3 is 2.07 bits per heavy atom. The van der Waals surface area contributed by atoms with Gasteiger partial charge in [-0.2, -0.15) is 4.31 Å². The number of hydrogen-bond donors (Lipinski definition) is 0. The summed E-state index contributed by atoms with van der Waals surface area (Å²) in [6.45, 7) is 7.05. The molecule has 2 aromatic rings. The van der Waals surface area contributed by atoms with Crippen molar-refractivity contribution in [2.45, 2.75) is 50.6 Å². The predicted molar refractivity (Wildman–Crippen MR) is 120 cm³/mol. The van der Waals surface area contributed by atoms with Gasteiger partial charge in [0.15, 0.2) is 0 Å². The highest BCUT2D eigenvalue weighted by Crippen LogP contribution is 2.34. The van der Waals surface area contributed by atoms with Crippen molar-refractivity contribution in [3.8, 4) is 0 Å². The second-order valence-electron chi connectivity index (χ2n) is 8.05. The van der Waals surface area contributed by atoms with Crippen LogP contribution in [0.4, 0.5) is 5.69 Å². The maximum absolute atomic E-state index is 13.5. The van der Waals surface area contributed by atoms with Gasteiger partial charge >= 0.3 is 0 Å². The minimum Gasteiger partial charge on any atom is -0.274 e. The van der Waals surface area contributed by atoms with E-state index in [1.807, 2.05) is 6.92 Å². The second-order valence-corrected chi connectivity index (χ2v) is 11.1. The van der Waals surface area contributed by atoms with Crippen molar-refractivity contribution in [3.05, 3.63) is 57.7 Å². The molecule has 154 valence electrons. The average Bonchev–Trinajstić information content (AvgIpc) is 2.89. The van der Waals surface area contributed by atoms with E-state index in [4.69, 9.17) is 0 Å². The number of benzene rings is 2. The van der Waals surface area contributed by atoms with E-state index in [1.165, 1.54) is 16.4 Å². The number of rotatable bonds is 4. The summed E-state index contributed by atoms with van der Waals surface area (Å²) in [5.74, 6) is -0.934. The number of imide groups is 1. The number of anilines is 1. The molecule has 1 heterocycles. The summed E-state index contributed by atoms with van der Waals surface area (Å²) in [4.78, 5) is 27.1. The highest BCUT2D eigenvalue weighted by Gasteiger charge is 2.50. The van der Waals surface area contributed by atoms with Crippen molar-refractivity contribution < 1.29 is 18.0 Å². The van der Waals surface area contributed by atoms with Crippen LogP contribution in [0.25, 0.3) is 0 Å². The molecule has 2 amide bonds. The second kappa shape index (κ2) is 7.81. The van der Waals surface area contributed by atoms with Crippen molar-refractivity contribution in [2.75, 3.05) is 4.90 Å². The van der Waals surface area contributed by atoms with Crippen molar-refractivity contribution in [1.29, 1.82) is 0 Å².